The molecule has 0 saturated carbocycles. The van der Waals surface area contributed by atoms with Crippen molar-refractivity contribution in [1.29, 1.82) is 0 Å². The lowest BCUT2D eigenvalue weighted by Crippen LogP contribution is -2.31. The maximum Gasteiger partial charge on any atom is 0.281 e. The Labute approximate surface area is 197 Å². The molecule has 4 aromatic rings. The van der Waals surface area contributed by atoms with Gasteiger partial charge in [0.15, 0.2) is 23.0 Å². The fraction of sp³-hybridized carbons (Fsp3) is 0.192. The highest BCUT2D eigenvalue weighted by Gasteiger charge is 2.24. The molecule has 0 bridgehead atoms. The monoisotopic (exact) mass is 459 g/mol. The summed E-state index contributed by atoms with van der Waals surface area (Å²) in [6, 6.07) is 18.4. The van der Waals surface area contributed by atoms with Gasteiger partial charge in [0, 0.05) is 17.8 Å². The normalized spacial score (nSPS) is 10.6. The van der Waals surface area contributed by atoms with Gasteiger partial charge in [-0.15, -0.1) is 0 Å². The van der Waals surface area contributed by atoms with Gasteiger partial charge in [-0.2, -0.15) is 0 Å². The zero-order valence-electron chi connectivity index (χ0n) is 19.4. The maximum absolute atomic E-state index is 13.6. The Bertz CT molecular complexity index is 1240. The largest absolute Gasteiger partial charge is 0.493 e. The van der Waals surface area contributed by atoms with Crippen LogP contribution in [-0.2, 0) is 6.54 Å². The van der Waals surface area contributed by atoms with E-state index in [-0.39, 0.29) is 18.1 Å². The minimum atomic E-state index is -0.352. The second-order valence-corrected chi connectivity index (χ2v) is 7.56. The molecule has 0 aliphatic heterocycles. The van der Waals surface area contributed by atoms with Crippen LogP contribution >= 0.6 is 0 Å². The van der Waals surface area contributed by atoms with Gasteiger partial charge >= 0.3 is 0 Å². The van der Waals surface area contributed by atoms with Gasteiger partial charge in [-0.05, 0) is 36.8 Å². The van der Waals surface area contributed by atoms with Crippen molar-refractivity contribution in [3.05, 3.63) is 83.7 Å². The van der Waals surface area contributed by atoms with Gasteiger partial charge in [0.25, 0.3) is 5.91 Å². The van der Waals surface area contributed by atoms with Crippen molar-refractivity contribution in [2.75, 3.05) is 26.2 Å². The second-order valence-electron chi connectivity index (χ2n) is 7.56. The number of carbonyl (C=O) groups excluding carboxylic acids is 1. The molecule has 0 fully saturated rings. The topological polar surface area (TPSA) is 86.9 Å². The number of ether oxygens (including phenoxy) is 3. The summed E-state index contributed by atoms with van der Waals surface area (Å²) in [5, 5.41) is 4.03. The highest BCUT2D eigenvalue weighted by Crippen LogP contribution is 2.38. The van der Waals surface area contributed by atoms with Crippen LogP contribution in [0.4, 0.5) is 5.82 Å². The van der Waals surface area contributed by atoms with Crippen molar-refractivity contribution in [3.8, 4) is 28.6 Å². The number of pyridine rings is 1. The summed E-state index contributed by atoms with van der Waals surface area (Å²) in [6.45, 7) is 2.20. The molecule has 0 spiro atoms. The number of rotatable bonds is 8. The molecule has 2 aromatic heterocycles. The standard InChI is InChI=1S/C26H25N3O5/c1-17-8-10-19(11-9-17)21-15-20(28-34-21)26(30)29(24-7-5-6-12-27-24)16-18-13-22(31-2)25(33-4)23(14-18)32-3/h5-15H,16H2,1-4H3. The average molecular weight is 460 g/mol. The number of carbonyl (C=O) groups is 1. The van der Waals surface area contributed by atoms with E-state index < -0.39 is 0 Å². The second kappa shape index (κ2) is 10.1. The molecule has 2 heterocycles. The number of hydrogen-bond acceptors (Lipinski definition) is 7. The summed E-state index contributed by atoms with van der Waals surface area (Å²) in [6.07, 6.45) is 1.63. The van der Waals surface area contributed by atoms with Crippen LogP contribution in [0, 0.1) is 6.92 Å². The van der Waals surface area contributed by atoms with Crippen molar-refractivity contribution >= 4 is 11.7 Å². The number of amides is 1. The number of nitrogens with zero attached hydrogens (tertiary/aromatic N) is 3. The number of aromatic nitrogens is 2. The van der Waals surface area contributed by atoms with Crippen molar-refractivity contribution in [2.45, 2.75) is 13.5 Å². The first-order chi connectivity index (χ1) is 16.5. The molecule has 0 saturated heterocycles. The molecular formula is C26H25N3O5. The van der Waals surface area contributed by atoms with E-state index in [0.29, 0.717) is 28.8 Å². The molecule has 0 unspecified atom stereocenters. The van der Waals surface area contributed by atoms with E-state index in [1.165, 1.54) is 4.90 Å². The van der Waals surface area contributed by atoms with E-state index in [0.717, 1.165) is 16.7 Å². The summed E-state index contributed by atoms with van der Waals surface area (Å²) >= 11 is 0. The first-order valence-corrected chi connectivity index (χ1v) is 10.6. The molecule has 8 nitrogen and oxygen atoms in total. The molecule has 2 aromatic carbocycles. The van der Waals surface area contributed by atoms with E-state index in [1.54, 1.807) is 57.9 Å². The predicted octanol–water partition coefficient (Wildman–Crippen LogP) is 4.92. The molecule has 1 amide bonds. The van der Waals surface area contributed by atoms with Crippen LogP contribution in [0.15, 0.2) is 71.4 Å². The van der Waals surface area contributed by atoms with Crippen LogP contribution in [-0.4, -0.2) is 37.4 Å². The summed E-state index contributed by atoms with van der Waals surface area (Å²) in [5.41, 5.74) is 2.90. The van der Waals surface area contributed by atoms with Gasteiger partial charge in [0.1, 0.15) is 5.82 Å². The molecule has 4 rings (SSSR count). The highest BCUT2D eigenvalue weighted by molar-refractivity contribution is 6.04. The van der Waals surface area contributed by atoms with E-state index >= 15 is 0 Å². The zero-order valence-corrected chi connectivity index (χ0v) is 19.4. The van der Waals surface area contributed by atoms with Gasteiger partial charge in [0.2, 0.25) is 5.75 Å². The third-order valence-electron chi connectivity index (χ3n) is 5.30. The van der Waals surface area contributed by atoms with Crippen molar-refractivity contribution in [2.24, 2.45) is 0 Å². The van der Waals surface area contributed by atoms with Crippen LogP contribution in [0.3, 0.4) is 0 Å². The van der Waals surface area contributed by atoms with Crippen LogP contribution in [0.25, 0.3) is 11.3 Å². The van der Waals surface area contributed by atoms with E-state index in [9.17, 15) is 4.79 Å². The smallest absolute Gasteiger partial charge is 0.281 e. The Balaban J connectivity index is 1.69. The van der Waals surface area contributed by atoms with E-state index in [2.05, 4.69) is 10.1 Å². The lowest BCUT2D eigenvalue weighted by atomic mass is 10.1. The first-order valence-electron chi connectivity index (χ1n) is 10.6. The van der Waals surface area contributed by atoms with Gasteiger partial charge in [0.05, 0.1) is 27.9 Å². The fourth-order valence-electron chi connectivity index (χ4n) is 3.55. The van der Waals surface area contributed by atoms with E-state index in [4.69, 9.17) is 18.7 Å². The molecule has 0 radical (unpaired) electrons. The van der Waals surface area contributed by atoms with Crippen molar-refractivity contribution < 1.29 is 23.5 Å². The summed E-state index contributed by atoms with van der Waals surface area (Å²) in [4.78, 5) is 19.5. The summed E-state index contributed by atoms with van der Waals surface area (Å²) < 4.78 is 21.8. The summed E-state index contributed by atoms with van der Waals surface area (Å²) in [7, 11) is 4.63. The zero-order chi connectivity index (χ0) is 24.1. The fourth-order valence-corrected chi connectivity index (χ4v) is 3.55. The maximum atomic E-state index is 13.6. The Kier molecular flexibility index (Phi) is 6.77. The predicted molar refractivity (Wildman–Crippen MR) is 128 cm³/mol. The molecule has 8 heteroatoms. The molecule has 0 N–H and O–H groups in total. The van der Waals surface area contributed by atoms with E-state index in [1.807, 2.05) is 37.3 Å². The van der Waals surface area contributed by atoms with Gasteiger partial charge in [-0.1, -0.05) is 41.1 Å². The van der Waals surface area contributed by atoms with Gasteiger partial charge in [-0.25, -0.2) is 4.98 Å². The Morgan fingerprint density at radius 1 is 0.941 bits per heavy atom. The minimum Gasteiger partial charge on any atom is -0.493 e. The molecule has 174 valence electrons. The molecule has 0 aliphatic carbocycles. The molecular weight excluding hydrogens is 434 g/mol. The third kappa shape index (κ3) is 4.71. The summed E-state index contributed by atoms with van der Waals surface area (Å²) in [5.74, 6) is 2.10. The molecule has 34 heavy (non-hydrogen) atoms. The SMILES string of the molecule is COc1cc(CN(C(=O)c2cc(-c3ccc(C)cc3)on2)c2ccccn2)cc(OC)c1OC. The van der Waals surface area contributed by atoms with Crippen LogP contribution in [0.1, 0.15) is 21.6 Å². The van der Waals surface area contributed by atoms with Crippen LogP contribution in [0.5, 0.6) is 17.2 Å². The van der Waals surface area contributed by atoms with Gasteiger partial charge < -0.3 is 18.7 Å². The molecule has 0 aliphatic rings. The van der Waals surface area contributed by atoms with Crippen molar-refractivity contribution in [3.63, 3.8) is 0 Å². The van der Waals surface area contributed by atoms with Gasteiger partial charge in [-0.3, -0.25) is 9.69 Å². The number of benzene rings is 2. The lowest BCUT2D eigenvalue weighted by Gasteiger charge is -2.22. The number of aryl methyl sites for hydroxylation is 1. The average Bonchev–Trinajstić information content (AvgIpc) is 3.37. The number of hydrogen-bond donors (Lipinski definition) is 0. The Morgan fingerprint density at radius 3 is 2.24 bits per heavy atom. The minimum absolute atomic E-state index is 0.175. The first kappa shape index (κ1) is 22.8. The highest BCUT2D eigenvalue weighted by atomic mass is 16.5. The third-order valence-corrected chi connectivity index (χ3v) is 5.30. The van der Waals surface area contributed by atoms with Crippen LogP contribution < -0.4 is 19.1 Å². The lowest BCUT2D eigenvalue weighted by molar-refractivity contribution is 0.0975. The Hall–Kier alpha value is -4.33. The van der Waals surface area contributed by atoms with Crippen molar-refractivity contribution in [1.82, 2.24) is 10.1 Å². The quantitative estimate of drug-likeness (QED) is 0.370. The molecule has 0 atom stereocenters. The number of methoxy groups -OCH3 is 3. The Morgan fingerprint density at radius 2 is 1.65 bits per heavy atom. The number of anilines is 1. The van der Waals surface area contributed by atoms with Crippen LogP contribution in [0.2, 0.25) is 0 Å².